The lowest BCUT2D eigenvalue weighted by Gasteiger charge is -2.13. The van der Waals surface area contributed by atoms with Crippen LogP contribution < -0.4 is 10.6 Å². The Morgan fingerprint density at radius 3 is 2.71 bits per heavy atom. The fraction of sp³-hybridized carbons (Fsp3) is 0.312. The van der Waals surface area contributed by atoms with Crippen molar-refractivity contribution in [3.63, 3.8) is 0 Å². The first-order chi connectivity index (χ1) is 10.1. The summed E-state index contributed by atoms with van der Waals surface area (Å²) in [7, 11) is 1.89. The Morgan fingerprint density at radius 1 is 1.29 bits per heavy atom. The lowest BCUT2D eigenvalue weighted by Crippen LogP contribution is -2.30. The van der Waals surface area contributed by atoms with Crippen LogP contribution in [0.1, 0.15) is 23.8 Å². The summed E-state index contributed by atoms with van der Waals surface area (Å²) in [5, 5.41) is 15.6. The van der Waals surface area contributed by atoms with Gasteiger partial charge in [0.05, 0.1) is 6.10 Å². The van der Waals surface area contributed by atoms with Crippen LogP contribution in [0, 0.1) is 6.92 Å². The van der Waals surface area contributed by atoms with E-state index in [0.717, 1.165) is 16.9 Å². The van der Waals surface area contributed by atoms with Crippen molar-refractivity contribution in [2.75, 3.05) is 11.9 Å². The van der Waals surface area contributed by atoms with Gasteiger partial charge in [-0.05, 0) is 37.1 Å². The van der Waals surface area contributed by atoms with Crippen molar-refractivity contribution in [3.8, 4) is 0 Å². The standard InChI is InChI=1S/C16H21N3O2/c1-12-6-3-4-7-13(12)18-16(21)17-10-9-15(20)14-8-5-11-19(14)2/h3-8,11,15,20H,9-10H2,1-2H3,(H2,17,18,21)/t15-/m1/s1. The quantitative estimate of drug-likeness (QED) is 0.791. The summed E-state index contributed by atoms with van der Waals surface area (Å²) in [5.41, 5.74) is 2.64. The van der Waals surface area contributed by atoms with E-state index >= 15 is 0 Å². The summed E-state index contributed by atoms with van der Waals surface area (Å²) >= 11 is 0. The first-order valence-corrected chi connectivity index (χ1v) is 6.97. The third kappa shape index (κ3) is 4.10. The Morgan fingerprint density at radius 2 is 2.05 bits per heavy atom. The molecular formula is C16H21N3O2. The van der Waals surface area contributed by atoms with Gasteiger partial charge in [0.25, 0.3) is 0 Å². The molecule has 1 heterocycles. The zero-order valence-corrected chi connectivity index (χ0v) is 12.3. The average molecular weight is 287 g/mol. The normalized spacial score (nSPS) is 12.0. The van der Waals surface area contributed by atoms with Gasteiger partial charge in [-0.1, -0.05) is 18.2 Å². The molecule has 0 saturated carbocycles. The minimum Gasteiger partial charge on any atom is -0.387 e. The molecule has 2 rings (SSSR count). The van der Waals surface area contributed by atoms with Gasteiger partial charge in [0.1, 0.15) is 0 Å². The SMILES string of the molecule is Cc1ccccc1NC(=O)NCC[C@@H](O)c1cccn1C. The fourth-order valence-corrected chi connectivity index (χ4v) is 2.17. The highest BCUT2D eigenvalue weighted by Gasteiger charge is 2.11. The zero-order chi connectivity index (χ0) is 15.2. The molecule has 2 aromatic rings. The molecule has 0 unspecified atom stereocenters. The second-order valence-corrected chi connectivity index (χ2v) is 5.04. The first kappa shape index (κ1) is 15.1. The molecule has 1 aromatic heterocycles. The van der Waals surface area contributed by atoms with Gasteiger partial charge in [0.2, 0.25) is 0 Å². The largest absolute Gasteiger partial charge is 0.387 e. The zero-order valence-electron chi connectivity index (χ0n) is 12.3. The molecule has 0 aliphatic rings. The predicted molar refractivity (Wildman–Crippen MR) is 83.2 cm³/mol. The molecule has 2 amide bonds. The summed E-state index contributed by atoms with van der Waals surface area (Å²) < 4.78 is 1.87. The molecule has 5 nitrogen and oxygen atoms in total. The molecule has 3 N–H and O–H groups in total. The Kier molecular flexibility index (Phi) is 5.00. The van der Waals surface area contributed by atoms with Crippen molar-refractivity contribution in [2.45, 2.75) is 19.4 Å². The van der Waals surface area contributed by atoms with Gasteiger partial charge >= 0.3 is 6.03 Å². The van der Waals surface area contributed by atoms with Crippen LogP contribution in [0.25, 0.3) is 0 Å². The maximum Gasteiger partial charge on any atom is 0.319 e. The molecule has 21 heavy (non-hydrogen) atoms. The number of rotatable bonds is 5. The number of hydrogen-bond donors (Lipinski definition) is 3. The van der Waals surface area contributed by atoms with Crippen molar-refractivity contribution < 1.29 is 9.90 Å². The van der Waals surface area contributed by atoms with Crippen molar-refractivity contribution in [3.05, 3.63) is 53.9 Å². The summed E-state index contributed by atoms with van der Waals surface area (Å²) in [4.78, 5) is 11.8. The number of benzene rings is 1. The Bertz CT molecular complexity index is 607. The minimum absolute atomic E-state index is 0.261. The maximum absolute atomic E-state index is 11.8. The maximum atomic E-state index is 11.8. The van der Waals surface area contributed by atoms with Crippen LogP contribution >= 0.6 is 0 Å². The first-order valence-electron chi connectivity index (χ1n) is 6.97. The van der Waals surface area contributed by atoms with E-state index in [4.69, 9.17) is 0 Å². The molecule has 0 radical (unpaired) electrons. The van der Waals surface area contributed by atoms with E-state index in [0.29, 0.717) is 13.0 Å². The predicted octanol–water partition coefficient (Wildman–Crippen LogP) is 2.58. The van der Waals surface area contributed by atoms with Crippen LogP contribution in [0.2, 0.25) is 0 Å². The highest BCUT2D eigenvalue weighted by molar-refractivity contribution is 5.89. The van der Waals surface area contributed by atoms with E-state index in [9.17, 15) is 9.90 Å². The second kappa shape index (κ2) is 6.95. The van der Waals surface area contributed by atoms with Crippen LogP contribution in [0.5, 0.6) is 0 Å². The molecular weight excluding hydrogens is 266 g/mol. The molecule has 5 heteroatoms. The topological polar surface area (TPSA) is 66.3 Å². The molecule has 1 atom stereocenters. The van der Waals surface area contributed by atoms with Gasteiger partial charge < -0.3 is 20.3 Å². The number of carbonyl (C=O) groups is 1. The number of carbonyl (C=O) groups excluding carboxylic acids is 1. The lowest BCUT2D eigenvalue weighted by atomic mass is 10.2. The Hall–Kier alpha value is -2.27. The molecule has 112 valence electrons. The number of urea groups is 1. The van der Waals surface area contributed by atoms with Crippen molar-refractivity contribution in [1.82, 2.24) is 9.88 Å². The number of aliphatic hydroxyl groups excluding tert-OH is 1. The number of para-hydroxylation sites is 1. The molecule has 1 aromatic carbocycles. The Balaban J connectivity index is 1.77. The lowest BCUT2D eigenvalue weighted by molar-refractivity contribution is 0.159. The van der Waals surface area contributed by atoms with Crippen LogP contribution in [0.3, 0.4) is 0 Å². The van der Waals surface area contributed by atoms with E-state index in [1.807, 2.05) is 61.1 Å². The number of aliphatic hydroxyl groups is 1. The fourth-order valence-electron chi connectivity index (χ4n) is 2.17. The number of aryl methyl sites for hydroxylation is 2. The van der Waals surface area contributed by atoms with Crippen LogP contribution in [-0.4, -0.2) is 22.2 Å². The van der Waals surface area contributed by atoms with Gasteiger partial charge in [0, 0.05) is 31.2 Å². The monoisotopic (exact) mass is 287 g/mol. The van der Waals surface area contributed by atoms with Crippen molar-refractivity contribution in [1.29, 1.82) is 0 Å². The summed E-state index contributed by atoms with van der Waals surface area (Å²) in [6.07, 6.45) is 1.78. The highest BCUT2D eigenvalue weighted by atomic mass is 16.3. The van der Waals surface area contributed by atoms with E-state index in [2.05, 4.69) is 10.6 Å². The van der Waals surface area contributed by atoms with Crippen LogP contribution in [-0.2, 0) is 7.05 Å². The smallest absolute Gasteiger partial charge is 0.319 e. The number of amides is 2. The van der Waals surface area contributed by atoms with Crippen LogP contribution in [0.15, 0.2) is 42.6 Å². The van der Waals surface area contributed by atoms with Gasteiger partial charge in [0.15, 0.2) is 0 Å². The van der Waals surface area contributed by atoms with E-state index in [1.165, 1.54) is 0 Å². The third-order valence-corrected chi connectivity index (χ3v) is 3.42. The average Bonchev–Trinajstić information content (AvgIpc) is 2.87. The second-order valence-electron chi connectivity index (χ2n) is 5.04. The third-order valence-electron chi connectivity index (χ3n) is 3.42. The molecule has 0 bridgehead atoms. The highest BCUT2D eigenvalue weighted by Crippen LogP contribution is 2.16. The van der Waals surface area contributed by atoms with Gasteiger partial charge in [-0.25, -0.2) is 4.79 Å². The molecule has 0 fully saturated rings. The van der Waals surface area contributed by atoms with Gasteiger partial charge in [-0.3, -0.25) is 0 Å². The molecule has 0 aliphatic heterocycles. The van der Waals surface area contributed by atoms with Crippen molar-refractivity contribution in [2.24, 2.45) is 7.05 Å². The van der Waals surface area contributed by atoms with Crippen LogP contribution in [0.4, 0.5) is 10.5 Å². The summed E-state index contributed by atoms with van der Waals surface area (Å²) in [6.45, 7) is 2.35. The number of aromatic nitrogens is 1. The summed E-state index contributed by atoms with van der Waals surface area (Å²) in [6, 6.07) is 11.1. The summed E-state index contributed by atoms with van der Waals surface area (Å²) in [5.74, 6) is 0. The van der Waals surface area contributed by atoms with Gasteiger partial charge in [-0.15, -0.1) is 0 Å². The molecule has 0 saturated heterocycles. The van der Waals surface area contributed by atoms with Gasteiger partial charge in [-0.2, -0.15) is 0 Å². The van der Waals surface area contributed by atoms with Crippen molar-refractivity contribution >= 4 is 11.7 Å². The van der Waals surface area contributed by atoms with E-state index < -0.39 is 6.10 Å². The minimum atomic E-state index is -0.580. The Labute approximate surface area is 124 Å². The van der Waals surface area contributed by atoms with E-state index in [-0.39, 0.29) is 6.03 Å². The number of anilines is 1. The van der Waals surface area contributed by atoms with E-state index in [1.54, 1.807) is 0 Å². The molecule has 0 spiro atoms. The molecule has 0 aliphatic carbocycles. The number of hydrogen-bond acceptors (Lipinski definition) is 2. The number of nitrogens with zero attached hydrogens (tertiary/aromatic N) is 1. The number of nitrogens with one attached hydrogen (secondary N) is 2.